The molecular weight excluding hydrogens is 474 g/mol. The molecule has 0 aliphatic carbocycles. The van der Waals surface area contributed by atoms with E-state index in [2.05, 4.69) is 39.3 Å². The van der Waals surface area contributed by atoms with Crippen LogP contribution in [-0.4, -0.2) is 79.2 Å². The predicted molar refractivity (Wildman–Crippen MR) is 138 cm³/mol. The normalized spacial score (nSPS) is 19.6. The number of hydrogen-bond acceptors (Lipinski definition) is 9. The van der Waals surface area contributed by atoms with Gasteiger partial charge in [-0.05, 0) is 43.9 Å². The highest BCUT2D eigenvalue weighted by atomic mass is 16.5. The van der Waals surface area contributed by atoms with Crippen LogP contribution < -0.4 is 20.3 Å². The van der Waals surface area contributed by atoms with Crippen molar-refractivity contribution in [2.45, 2.75) is 45.3 Å². The molecule has 11 heteroatoms. The first-order valence-corrected chi connectivity index (χ1v) is 12.5. The minimum absolute atomic E-state index is 0.248. The molecule has 0 saturated carbocycles. The first-order chi connectivity index (χ1) is 17.9. The Bertz CT molecular complexity index is 1170. The number of aromatic nitrogens is 2. The van der Waals surface area contributed by atoms with Gasteiger partial charge in [0.1, 0.15) is 41.3 Å². The lowest BCUT2D eigenvalue weighted by Gasteiger charge is -2.36. The summed E-state index contributed by atoms with van der Waals surface area (Å²) in [7, 11) is 1.56. The number of nitrogens with zero attached hydrogens (tertiary/aromatic N) is 5. The number of pyridine rings is 2. The zero-order valence-electron chi connectivity index (χ0n) is 21.5. The Balaban J connectivity index is 1.53. The van der Waals surface area contributed by atoms with E-state index in [4.69, 9.17) is 9.47 Å². The van der Waals surface area contributed by atoms with Gasteiger partial charge in [-0.1, -0.05) is 0 Å². The van der Waals surface area contributed by atoms with E-state index in [1.165, 1.54) is 17.2 Å². The number of piperazine rings is 1. The van der Waals surface area contributed by atoms with Crippen molar-refractivity contribution in [1.29, 1.82) is 5.26 Å². The molecule has 2 aliphatic heterocycles. The second-order valence-corrected chi connectivity index (χ2v) is 9.50. The Morgan fingerprint density at radius 2 is 2.08 bits per heavy atom. The van der Waals surface area contributed by atoms with Gasteiger partial charge >= 0.3 is 6.03 Å². The molecule has 0 radical (unpaired) electrons. The predicted octanol–water partition coefficient (Wildman–Crippen LogP) is 2.35. The Hall–Kier alpha value is -3.59. The number of rotatable bonds is 8. The van der Waals surface area contributed by atoms with Gasteiger partial charge in [-0.2, -0.15) is 5.26 Å². The number of anilines is 2. The molecule has 2 N–H and O–H groups in total. The molecule has 196 valence electrons. The second kappa shape index (κ2) is 12.1. The Morgan fingerprint density at radius 3 is 2.78 bits per heavy atom. The molecule has 2 aromatic heterocycles. The van der Waals surface area contributed by atoms with Crippen molar-refractivity contribution in [2.24, 2.45) is 0 Å². The number of methoxy groups -OCH3 is 1. The highest BCUT2D eigenvalue weighted by molar-refractivity contribution is 6.01. The number of carbonyl (C=O) groups excluding carboxylic acids is 2. The molecule has 1 fully saturated rings. The van der Waals surface area contributed by atoms with E-state index < -0.39 is 6.03 Å². The van der Waals surface area contributed by atoms with Crippen LogP contribution in [0, 0.1) is 11.3 Å². The van der Waals surface area contributed by atoms with Crippen molar-refractivity contribution in [3.05, 3.63) is 40.7 Å². The van der Waals surface area contributed by atoms with Gasteiger partial charge in [0.25, 0.3) is 0 Å². The summed E-state index contributed by atoms with van der Waals surface area (Å²) in [5.74, 6) is 1.05. The number of nitriles is 1. The van der Waals surface area contributed by atoms with Gasteiger partial charge in [0, 0.05) is 51.4 Å². The van der Waals surface area contributed by atoms with Crippen molar-refractivity contribution < 1.29 is 19.1 Å². The van der Waals surface area contributed by atoms with Gasteiger partial charge in [-0.3, -0.25) is 19.9 Å². The lowest BCUT2D eigenvalue weighted by molar-refractivity contribution is 0.111. The Kier molecular flexibility index (Phi) is 8.66. The number of carbonyl (C=O) groups is 2. The van der Waals surface area contributed by atoms with E-state index in [1.54, 1.807) is 7.11 Å². The number of aldehydes is 1. The zero-order chi connectivity index (χ0) is 26.4. The van der Waals surface area contributed by atoms with Crippen LogP contribution >= 0.6 is 0 Å². The molecule has 0 aromatic carbocycles. The number of urea groups is 1. The molecule has 2 aromatic rings. The maximum atomic E-state index is 13.2. The largest absolute Gasteiger partial charge is 0.490 e. The minimum atomic E-state index is -0.414. The molecule has 0 spiro atoms. The van der Waals surface area contributed by atoms with Crippen LogP contribution in [-0.2, 0) is 17.7 Å². The average molecular weight is 508 g/mol. The Labute approximate surface area is 216 Å². The quantitative estimate of drug-likeness (QED) is 0.408. The van der Waals surface area contributed by atoms with Gasteiger partial charge in [-0.15, -0.1) is 0 Å². The van der Waals surface area contributed by atoms with Gasteiger partial charge in [0.05, 0.1) is 12.8 Å². The van der Waals surface area contributed by atoms with Crippen molar-refractivity contribution >= 4 is 24.0 Å². The molecule has 0 bridgehead atoms. The summed E-state index contributed by atoms with van der Waals surface area (Å²) in [5, 5.41) is 15.6. The fourth-order valence-corrected chi connectivity index (χ4v) is 4.92. The zero-order valence-corrected chi connectivity index (χ0v) is 21.5. The molecule has 1 saturated heterocycles. The van der Waals surface area contributed by atoms with Gasteiger partial charge in [-0.25, -0.2) is 14.8 Å². The maximum absolute atomic E-state index is 13.2. The van der Waals surface area contributed by atoms with Crippen LogP contribution in [0.5, 0.6) is 5.75 Å². The van der Waals surface area contributed by atoms with E-state index in [-0.39, 0.29) is 18.0 Å². The number of ether oxygens (including phenoxy) is 2. The van der Waals surface area contributed by atoms with Crippen LogP contribution in [0.25, 0.3) is 0 Å². The average Bonchev–Trinajstić information content (AvgIpc) is 2.87. The summed E-state index contributed by atoms with van der Waals surface area (Å²) in [4.78, 5) is 37.9. The van der Waals surface area contributed by atoms with Crippen molar-refractivity contribution in [1.82, 2.24) is 20.2 Å². The number of aryl methyl sites for hydroxylation is 1. The molecule has 37 heavy (non-hydrogen) atoms. The van der Waals surface area contributed by atoms with E-state index in [1.807, 2.05) is 12.1 Å². The van der Waals surface area contributed by atoms with E-state index in [9.17, 15) is 14.9 Å². The molecule has 2 atom stereocenters. The van der Waals surface area contributed by atoms with Gasteiger partial charge < -0.3 is 14.8 Å². The third-order valence-electron chi connectivity index (χ3n) is 6.42. The Morgan fingerprint density at radius 1 is 1.30 bits per heavy atom. The molecule has 4 heterocycles. The monoisotopic (exact) mass is 507 g/mol. The smallest absolute Gasteiger partial charge is 0.328 e. The standard InChI is InChI=1S/C26H33N7O4/c1-17-13-32(14-18(2)29-17)15-20-9-19-5-4-6-33(25(19)30-22(20)16-34)26(35)31-24-10-23(37-8-7-36-3)21(11-27)12-28-24/h9-10,12,16-18,29H,4-8,13-15H2,1-3H3,(H,28,31,35)/t17-,18+. The molecule has 11 nitrogen and oxygen atoms in total. The molecule has 0 unspecified atom stereocenters. The minimum Gasteiger partial charge on any atom is -0.490 e. The third-order valence-corrected chi connectivity index (χ3v) is 6.42. The van der Waals surface area contributed by atoms with E-state index in [0.717, 1.165) is 43.3 Å². The van der Waals surface area contributed by atoms with Crippen LogP contribution in [0.4, 0.5) is 16.4 Å². The molecule has 4 rings (SSSR count). The summed E-state index contributed by atoms with van der Waals surface area (Å²) in [6, 6.07) is 5.89. The summed E-state index contributed by atoms with van der Waals surface area (Å²) in [6.07, 6.45) is 3.67. The third kappa shape index (κ3) is 6.40. The van der Waals surface area contributed by atoms with Crippen LogP contribution in [0.3, 0.4) is 0 Å². The van der Waals surface area contributed by atoms with E-state index >= 15 is 0 Å². The number of fused-ring (bicyclic) bond motifs is 1. The van der Waals surface area contributed by atoms with E-state index in [0.29, 0.717) is 49.0 Å². The number of hydrogen-bond donors (Lipinski definition) is 2. The van der Waals surface area contributed by atoms with Gasteiger partial charge in [0.2, 0.25) is 0 Å². The first kappa shape index (κ1) is 26.5. The van der Waals surface area contributed by atoms with Crippen LogP contribution in [0.15, 0.2) is 18.3 Å². The number of amides is 2. The lowest BCUT2D eigenvalue weighted by atomic mass is 10.0. The van der Waals surface area contributed by atoms with Crippen molar-refractivity contribution in [3.8, 4) is 11.8 Å². The summed E-state index contributed by atoms with van der Waals surface area (Å²) >= 11 is 0. The lowest BCUT2D eigenvalue weighted by Crippen LogP contribution is -2.53. The summed E-state index contributed by atoms with van der Waals surface area (Å²) < 4.78 is 10.6. The second-order valence-electron chi connectivity index (χ2n) is 9.50. The molecular formula is C26H33N7O4. The fourth-order valence-electron chi connectivity index (χ4n) is 4.92. The van der Waals surface area contributed by atoms with Gasteiger partial charge in [0.15, 0.2) is 6.29 Å². The molecule has 2 amide bonds. The topological polar surface area (TPSA) is 133 Å². The maximum Gasteiger partial charge on any atom is 0.328 e. The highest BCUT2D eigenvalue weighted by Crippen LogP contribution is 2.29. The fraction of sp³-hybridized carbons (Fsp3) is 0.500. The summed E-state index contributed by atoms with van der Waals surface area (Å²) in [5.41, 5.74) is 2.43. The first-order valence-electron chi connectivity index (χ1n) is 12.5. The summed E-state index contributed by atoms with van der Waals surface area (Å²) in [6.45, 7) is 7.81. The SMILES string of the molecule is COCCOc1cc(NC(=O)N2CCCc3cc(CN4C[C@@H](C)N[C@@H](C)C4)c(C=O)nc32)ncc1C#N. The van der Waals surface area contributed by atoms with Crippen molar-refractivity contribution in [2.75, 3.05) is 50.2 Å². The highest BCUT2D eigenvalue weighted by Gasteiger charge is 2.28. The van der Waals surface area contributed by atoms with Crippen LogP contribution in [0.1, 0.15) is 47.4 Å². The van der Waals surface area contributed by atoms with Crippen molar-refractivity contribution in [3.63, 3.8) is 0 Å². The van der Waals surface area contributed by atoms with Crippen LogP contribution in [0.2, 0.25) is 0 Å². The molecule has 2 aliphatic rings. The number of nitrogens with one attached hydrogen (secondary N) is 2.